The predicted octanol–water partition coefficient (Wildman–Crippen LogP) is 1.99. The molecule has 0 saturated carbocycles. The molecule has 2 aromatic heterocycles. The molecule has 3 rings (SSSR count). The fourth-order valence-corrected chi connectivity index (χ4v) is 2.15. The monoisotopic (exact) mass is 381 g/mol. The Labute approximate surface area is 154 Å². The molecule has 0 unspecified atom stereocenters. The molecule has 1 amide bonds. The third kappa shape index (κ3) is 4.80. The number of benzene rings is 1. The molecule has 0 spiro atoms. The van der Waals surface area contributed by atoms with Gasteiger partial charge in [-0.3, -0.25) is 4.79 Å². The van der Waals surface area contributed by atoms with Crippen LogP contribution >= 0.6 is 12.4 Å². The van der Waals surface area contributed by atoms with Gasteiger partial charge in [0.1, 0.15) is 17.3 Å². The fourth-order valence-electron chi connectivity index (χ4n) is 2.15. The zero-order valence-corrected chi connectivity index (χ0v) is 14.4. The van der Waals surface area contributed by atoms with Crippen LogP contribution in [-0.4, -0.2) is 29.3 Å². The van der Waals surface area contributed by atoms with Crippen molar-refractivity contribution >= 4 is 24.1 Å². The molecular weight excluding hydrogens is 365 g/mol. The van der Waals surface area contributed by atoms with Gasteiger partial charge in [-0.25, -0.2) is 9.02 Å². The number of hydrogen-bond donors (Lipinski definition) is 3. The highest BCUT2D eigenvalue weighted by Crippen LogP contribution is 2.22. The Hall–Kier alpha value is -2.91. The number of carbonyl (C=O) groups is 1. The highest BCUT2D eigenvalue weighted by Gasteiger charge is 2.14. The number of rotatable bonds is 7. The van der Waals surface area contributed by atoms with E-state index >= 15 is 0 Å². The van der Waals surface area contributed by atoms with Gasteiger partial charge in [0.25, 0.3) is 5.91 Å². The van der Waals surface area contributed by atoms with Gasteiger partial charge in [-0.2, -0.15) is 0 Å². The van der Waals surface area contributed by atoms with Crippen molar-refractivity contribution in [1.82, 2.24) is 20.9 Å². The Morgan fingerprint density at radius 1 is 1.12 bits per heavy atom. The van der Waals surface area contributed by atoms with Crippen LogP contribution in [0, 0.1) is 5.82 Å². The van der Waals surface area contributed by atoms with Gasteiger partial charge in [0, 0.05) is 18.7 Å². The van der Waals surface area contributed by atoms with Gasteiger partial charge < -0.3 is 20.8 Å². The standard InChI is InChI=1S/C16H16FN5O3.ClH/c17-11-3-1-10(2-4-11)13-6-5-12(24-13)9-19-7-8-20-16(23)14-15(18)22-25-21-14;/h1-6,19H,7-9H2,(H2,18,22)(H,20,23);1H. The molecule has 0 radical (unpaired) electrons. The normalized spacial score (nSPS) is 10.3. The van der Waals surface area contributed by atoms with Crippen molar-refractivity contribution in [1.29, 1.82) is 0 Å². The van der Waals surface area contributed by atoms with Crippen LogP contribution in [0.3, 0.4) is 0 Å². The van der Waals surface area contributed by atoms with Crippen molar-refractivity contribution in [2.24, 2.45) is 0 Å². The van der Waals surface area contributed by atoms with E-state index in [0.29, 0.717) is 25.4 Å². The molecule has 0 aliphatic rings. The van der Waals surface area contributed by atoms with E-state index in [9.17, 15) is 9.18 Å². The van der Waals surface area contributed by atoms with E-state index < -0.39 is 5.91 Å². The number of furan rings is 1. The summed E-state index contributed by atoms with van der Waals surface area (Å²) in [5, 5.41) is 12.5. The van der Waals surface area contributed by atoms with E-state index in [4.69, 9.17) is 10.2 Å². The van der Waals surface area contributed by atoms with E-state index in [2.05, 4.69) is 25.6 Å². The average molecular weight is 382 g/mol. The molecule has 0 saturated heterocycles. The van der Waals surface area contributed by atoms with E-state index in [0.717, 1.165) is 11.3 Å². The summed E-state index contributed by atoms with van der Waals surface area (Å²) < 4.78 is 23.0. The summed E-state index contributed by atoms with van der Waals surface area (Å²) in [5.41, 5.74) is 6.20. The van der Waals surface area contributed by atoms with Gasteiger partial charge in [-0.05, 0) is 46.7 Å². The van der Waals surface area contributed by atoms with Crippen molar-refractivity contribution in [2.75, 3.05) is 18.8 Å². The number of nitrogen functional groups attached to an aromatic ring is 1. The van der Waals surface area contributed by atoms with E-state index in [1.807, 2.05) is 12.1 Å². The van der Waals surface area contributed by atoms with Crippen LogP contribution in [0.15, 0.2) is 45.4 Å². The first kappa shape index (κ1) is 19.4. The lowest BCUT2D eigenvalue weighted by Gasteiger charge is -2.04. The molecule has 0 fully saturated rings. The summed E-state index contributed by atoms with van der Waals surface area (Å²) in [6.07, 6.45) is 0. The van der Waals surface area contributed by atoms with Crippen molar-refractivity contribution in [3.63, 3.8) is 0 Å². The van der Waals surface area contributed by atoms with Gasteiger partial charge >= 0.3 is 0 Å². The molecule has 4 N–H and O–H groups in total. The molecule has 0 bridgehead atoms. The summed E-state index contributed by atoms with van der Waals surface area (Å²) in [7, 11) is 0. The van der Waals surface area contributed by atoms with Gasteiger partial charge in [0.15, 0.2) is 0 Å². The number of anilines is 1. The minimum atomic E-state index is -0.447. The molecule has 2 heterocycles. The zero-order chi connectivity index (χ0) is 17.6. The summed E-state index contributed by atoms with van der Waals surface area (Å²) >= 11 is 0. The van der Waals surface area contributed by atoms with E-state index in [1.54, 1.807) is 12.1 Å². The van der Waals surface area contributed by atoms with Crippen molar-refractivity contribution in [3.05, 3.63) is 53.7 Å². The maximum absolute atomic E-state index is 12.9. The first-order chi connectivity index (χ1) is 12.1. The highest BCUT2D eigenvalue weighted by molar-refractivity contribution is 5.95. The zero-order valence-electron chi connectivity index (χ0n) is 13.6. The maximum atomic E-state index is 12.9. The van der Waals surface area contributed by atoms with E-state index in [1.165, 1.54) is 12.1 Å². The Kier molecular flexibility index (Phi) is 6.70. The summed E-state index contributed by atoms with van der Waals surface area (Å²) in [6.45, 7) is 1.38. The molecular formula is C16H17ClFN5O3. The number of aromatic nitrogens is 2. The summed E-state index contributed by atoms with van der Waals surface area (Å²) in [5.74, 6) is 0.614. The number of carbonyl (C=O) groups excluding carboxylic acids is 1. The predicted molar refractivity (Wildman–Crippen MR) is 94.1 cm³/mol. The number of hydrogen-bond acceptors (Lipinski definition) is 7. The second-order valence-corrected chi connectivity index (χ2v) is 5.20. The minimum absolute atomic E-state index is 0. The first-order valence-corrected chi connectivity index (χ1v) is 7.55. The van der Waals surface area contributed by atoms with Crippen molar-refractivity contribution in [3.8, 4) is 11.3 Å². The first-order valence-electron chi connectivity index (χ1n) is 7.55. The lowest BCUT2D eigenvalue weighted by atomic mass is 10.2. The van der Waals surface area contributed by atoms with Crippen LogP contribution in [0.2, 0.25) is 0 Å². The van der Waals surface area contributed by atoms with Crippen LogP contribution in [0.1, 0.15) is 16.2 Å². The van der Waals surface area contributed by atoms with Crippen LogP contribution in [0.5, 0.6) is 0 Å². The van der Waals surface area contributed by atoms with Crippen LogP contribution < -0.4 is 16.4 Å². The molecule has 1 aromatic carbocycles. The number of nitrogens with two attached hydrogens (primary N) is 1. The van der Waals surface area contributed by atoms with Crippen LogP contribution in [0.25, 0.3) is 11.3 Å². The minimum Gasteiger partial charge on any atom is -0.460 e. The Bertz CT molecular complexity index is 850. The fraction of sp³-hybridized carbons (Fsp3) is 0.188. The van der Waals surface area contributed by atoms with E-state index in [-0.39, 0.29) is 29.7 Å². The number of nitrogens with zero attached hydrogens (tertiary/aromatic N) is 2. The van der Waals surface area contributed by atoms with Gasteiger partial charge in [0.2, 0.25) is 11.5 Å². The third-order valence-electron chi connectivity index (χ3n) is 3.41. The number of amides is 1. The van der Waals surface area contributed by atoms with Crippen molar-refractivity contribution in [2.45, 2.75) is 6.54 Å². The average Bonchev–Trinajstić information content (AvgIpc) is 3.24. The van der Waals surface area contributed by atoms with Crippen LogP contribution in [-0.2, 0) is 6.54 Å². The lowest BCUT2D eigenvalue weighted by Crippen LogP contribution is -2.32. The Balaban J connectivity index is 0.00000243. The Morgan fingerprint density at radius 3 is 2.58 bits per heavy atom. The SMILES string of the molecule is Cl.Nc1nonc1C(=O)NCCNCc1ccc(-c2ccc(F)cc2)o1. The largest absolute Gasteiger partial charge is 0.460 e. The maximum Gasteiger partial charge on any atom is 0.277 e. The van der Waals surface area contributed by atoms with Crippen molar-refractivity contribution < 1.29 is 18.2 Å². The lowest BCUT2D eigenvalue weighted by molar-refractivity contribution is 0.0944. The smallest absolute Gasteiger partial charge is 0.277 e. The summed E-state index contributed by atoms with van der Waals surface area (Å²) in [6, 6.07) is 9.75. The summed E-state index contributed by atoms with van der Waals surface area (Å²) in [4.78, 5) is 11.7. The Morgan fingerprint density at radius 2 is 1.88 bits per heavy atom. The molecule has 138 valence electrons. The second-order valence-electron chi connectivity index (χ2n) is 5.20. The molecule has 3 aromatic rings. The highest BCUT2D eigenvalue weighted by atomic mass is 35.5. The second kappa shape index (κ2) is 8.97. The van der Waals surface area contributed by atoms with Gasteiger partial charge in [-0.15, -0.1) is 12.4 Å². The quantitative estimate of drug-likeness (QED) is 0.535. The number of nitrogens with one attached hydrogen (secondary N) is 2. The molecule has 0 aliphatic heterocycles. The molecule has 8 nitrogen and oxygen atoms in total. The number of halogens is 2. The molecule has 0 aliphatic carbocycles. The molecule has 10 heteroatoms. The van der Waals surface area contributed by atoms with Crippen LogP contribution in [0.4, 0.5) is 10.2 Å². The molecule has 0 atom stereocenters. The molecule has 26 heavy (non-hydrogen) atoms. The third-order valence-corrected chi connectivity index (χ3v) is 3.41. The van der Waals surface area contributed by atoms with Gasteiger partial charge in [0.05, 0.1) is 6.54 Å². The van der Waals surface area contributed by atoms with Gasteiger partial charge in [-0.1, -0.05) is 0 Å². The topological polar surface area (TPSA) is 119 Å².